The molecule has 0 bridgehead atoms. The Morgan fingerprint density at radius 3 is 1.79 bits per heavy atom. The first kappa shape index (κ1) is 27.9. The molecule has 0 atom stereocenters. The van der Waals surface area contributed by atoms with Crippen molar-refractivity contribution in [2.24, 2.45) is 0 Å². The van der Waals surface area contributed by atoms with Crippen LogP contribution in [0.3, 0.4) is 0 Å². The van der Waals surface area contributed by atoms with Gasteiger partial charge in [-0.3, -0.25) is 0 Å². The monoisotopic (exact) mass is 633 g/mol. The van der Waals surface area contributed by atoms with Gasteiger partial charge in [0.25, 0.3) is 0 Å². The molecule has 1 aromatic heterocycles. The maximum Gasteiger partial charge on any atom is 0.0468 e. The fourth-order valence-electron chi connectivity index (χ4n) is 8.76. The third-order valence-corrected chi connectivity index (χ3v) is 12.5. The second-order valence-corrected chi connectivity index (χ2v) is 15.6. The Kier molecular flexibility index (Phi) is 5.63. The minimum atomic E-state index is -0.0822. The lowest BCUT2D eigenvalue weighted by molar-refractivity contribution is 0.660. The standard InChI is InChI=1S/C46H35NS/c1-45(2)40-15-9-6-12-33(40)38-26-30(21-24-41(38)45)47(31-20-23-34-32-11-5-8-14-39(32)46(3,4)42(34)27-31)29-19-17-28-18-22-36-35-13-7-10-16-43(35)48-44(36)37(28)25-29/h5-27H,1-4H3. The molecule has 0 amide bonds. The van der Waals surface area contributed by atoms with E-state index in [1.807, 2.05) is 11.3 Å². The van der Waals surface area contributed by atoms with E-state index in [9.17, 15) is 0 Å². The molecule has 0 radical (unpaired) electrons. The second-order valence-electron chi connectivity index (χ2n) is 14.6. The van der Waals surface area contributed by atoms with Crippen LogP contribution in [0.2, 0.25) is 0 Å². The third kappa shape index (κ3) is 3.72. The zero-order valence-electron chi connectivity index (χ0n) is 27.6. The summed E-state index contributed by atoms with van der Waals surface area (Å²) < 4.78 is 2.69. The molecule has 0 unspecified atom stereocenters. The van der Waals surface area contributed by atoms with Gasteiger partial charge in [0.05, 0.1) is 0 Å². The van der Waals surface area contributed by atoms with E-state index in [0.717, 1.165) is 0 Å². The van der Waals surface area contributed by atoms with Crippen LogP contribution in [0.5, 0.6) is 0 Å². The Hall–Kier alpha value is -5.18. The van der Waals surface area contributed by atoms with Crippen molar-refractivity contribution in [1.29, 1.82) is 0 Å². The molecule has 7 aromatic carbocycles. The number of hydrogen-bond acceptors (Lipinski definition) is 2. The number of nitrogens with zero attached hydrogens (tertiary/aromatic N) is 1. The lowest BCUT2D eigenvalue weighted by Gasteiger charge is -2.29. The van der Waals surface area contributed by atoms with Crippen molar-refractivity contribution < 1.29 is 0 Å². The highest BCUT2D eigenvalue weighted by atomic mass is 32.1. The molecule has 10 rings (SSSR count). The van der Waals surface area contributed by atoms with Gasteiger partial charge in [-0.05, 0) is 92.4 Å². The van der Waals surface area contributed by atoms with Gasteiger partial charge in [-0.25, -0.2) is 0 Å². The zero-order valence-corrected chi connectivity index (χ0v) is 28.5. The van der Waals surface area contributed by atoms with Crippen molar-refractivity contribution in [3.8, 4) is 22.3 Å². The van der Waals surface area contributed by atoms with Gasteiger partial charge in [-0.2, -0.15) is 0 Å². The van der Waals surface area contributed by atoms with Crippen molar-refractivity contribution in [3.63, 3.8) is 0 Å². The first-order valence-corrected chi connectivity index (χ1v) is 17.8. The molecule has 48 heavy (non-hydrogen) atoms. The summed E-state index contributed by atoms with van der Waals surface area (Å²) in [5.41, 5.74) is 14.4. The van der Waals surface area contributed by atoms with E-state index in [2.05, 4.69) is 172 Å². The second kappa shape index (κ2) is 9.69. The van der Waals surface area contributed by atoms with Crippen molar-refractivity contribution in [3.05, 3.63) is 162 Å². The number of hydrogen-bond donors (Lipinski definition) is 0. The highest BCUT2D eigenvalue weighted by Gasteiger charge is 2.37. The summed E-state index contributed by atoms with van der Waals surface area (Å²) in [6, 6.07) is 52.5. The Morgan fingerprint density at radius 2 is 0.979 bits per heavy atom. The SMILES string of the molecule is CC1(C)c2ccccc2-c2cc(N(c3ccc4c(c3)C(C)(C)c3ccccc3-4)c3ccc4ccc5c6ccccc6sc5c4c3)ccc21. The molecule has 0 saturated heterocycles. The Balaban J connectivity index is 1.22. The Morgan fingerprint density at radius 1 is 0.417 bits per heavy atom. The molecule has 0 aliphatic heterocycles. The molecule has 1 heterocycles. The minimum absolute atomic E-state index is 0.0333. The number of benzene rings is 7. The van der Waals surface area contributed by atoms with E-state index in [0.29, 0.717) is 0 Å². The van der Waals surface area contributed by atoms with Crippen molar-refractivity contribution in [1.82, 2.24) is 0 Å². The van der Waals surface area contributed by atoms with Crippen LogP contribution in [0.25, 0.3) is 53.2 Å². The van der Waals surface area contributed by atoms with E-state index in [-0.39, 0.29) is 10.8 Å². The van der Waals surface area contributed by atoms with Crippen LogP contribution in [0.4, 0.5) is 17.1 Å². The Bertz CT molecular complexity index is 2630. The average Bonchev–Trinajstić information content (AvgIpc) is 3.69. The molecule has 1 nitrogen and oxygen atoms in total. The minimum Gasteiger partial charge on any atom is -0.310 e. The smallest absolute Gasteiger partial charge is 0.0468 e. The summed E-state index contributed by atoms with van der Waals surface area (Å²) in [6.07, 6.45) is 0. The molecule has 2 heteroatoms. The maximum atomic E-state index is 2.49. The molecule has 0 saturated carbocycles. The van der Waals surface area contributed by atoms with Crippen LogP contribution in [-0.2, 0) is 10.8 Å². The number of thiophene rings is 1. The van der Waals surface area contributed by atoms with E-state index in [1.165, 1.54) is 92.5 Å². The molecule has 8 aromatic rings. The molecule has 0 spiro atoms. The Labute approximate surface area is 285 Å². The third-order valence-electron chi connectivity index (χ3n) is 11.3. The normalized spacial score (nSPS) is 15.0. The van der Waals surface area contributed by atoms with Gasteiger partial charge in [0.1, 0.15) is 0 Å². The molecular formula is C46H35NS. The van der Waals surface area contributed by atoms with E-state index in [4.69, 9.17) is 0 Å². The molecule has 0 fully saturated rings. The van der Waals surface area contributed by atoms with Crippen molar-refractivity contribution in [2.45, 2.75) is 38.5 Å². The van der Waals surface area contributed by atoms with Gasteiger partial charge in [0, 0.05) is 53.5 Å². The lowest BCUT2D eigenvalue weighted by Crippen LogP contribution is -2.17. The van der Waals surface area contributed by atoms with E-state index >= 15 is 0 Å². The zero-order chi connectivity index (χ0) is 32.4. The molecule has 2 aliphatic rings. The van der Waals surface area contributed by atoms with Gasteiger partial charge in [0.15, 0.2) is 0 Å². The average molecular weight is 634 g/mol. The van der Waals surface area contributed by atoms with Crippen molar-refractivity contribution in [2.75, 3.05) is 4.90 Å². The van der Waals surface area contributed by atoms with E-state index < -0.39 is 0 Å². The quantitative estimate of drug-likeness (QED) is 0.187. The fourth-order valence-corrected chi connectivity index (χ4v) is 9.98. The topological polar surface area (TPSA) is 3.24 Å². The van der Waals surface area contributed by atoms with Crippen LogP contribution >= 0.6 is 11.3 Å². The predicted molar refractivity (Wildman–Crippen MR) is 207 cm³/mol. The first-order chi connectivity index (χ1) is 23.3. The van der Waals surface area contributed by atoms with Crippen LogP contribution in [-0.4, -0.2) is 0 Å². The summed E-state index contributed by atoms with van der Waals surface area (Å²) in [6.45, 7) is 9.45. The largest absolute Gasteiger partial charge is 0.310 e. The van der Waals surface area contributed by atoms with Crippen LogP contribution < -0.4 is 4.90 Å². The maximum absolute atomic E-state index is 2.49. The van der Waals surface area contributed by atoms with E-state index in [1.54, 1.807) is 0 Å². The number of anilines is 3. The molecule has 230 valence electrons. The molecule has 2 aliphatic carbocycles. The highest BCUT2D eigenvalue weighted by Crippen LogP contribution is 2.53. The van der Waals surface area contributed by atoms with Gasteiger partial charge >= 0.3 is 0 Å². The molecule has 0 N–H and O–H groups in total. The van der Waals surface area contributed by atoms with Gasteiger partial charge in [-0.1, -0.05) is 125 Å². The van der Waals surface area contributed by atoms with Crippen LogP contribution in [0.15, 0.2) is 140 Å². The predicted octanol–water partition coefficient (Wildman–Crippen LogP) is 13.3. The number of fused-ring (bicyclic) bond motifs is 11. The van der Waals surface area contributed by atoms with Gasteiger partial charge in [0.2, 0.25) is 0 Å². The summed E-state index contributed by atoms with van der Waals surface area (Å²) in [4.78, 5) is 2.49. The summed E-state index contributed by atoms with van der Waals surface area (Å²) in [5.74, 6) is 0. The van der Waals surface area contributed by atoms with Crippen LogP contribution in [0.1, 0.15) is 49.9 Å². The van der Waals surface area contributed by atoms with Crippen LogP contribution in [0, 0.1) is 0 Å². The van der Waals surface area contributed by atoms with Gasteiger partial charge in [-0.15, -0.1) is 11.3 Å². The fraction of sp³-hybridized carbons (Fsp3) is 0.130. The number of rotatable bonds is 3. The summed E-state index contributed by atoms with van der Waals surface area (Å²) >= 11 is 1.90. The lowest BCUT2D eigenvalue weighted by atomic mass is 9.82. The van der Waals surface area contributed by atoms with Crippen molar-refractivity contribution >= 4 is 59.3 Å². The highest BCUT2D eigenvalue weighted by molar-refractivity contribution is 7.26. The first-order valence-electron chi connectivity index (χ1n) is 16.9. The summed E-state index contributed by atoms with van der Waals surface area (Å²) in [5, 5.41) is 5.24. The summed E-state index contributed by atoms with van der Waals surface area (Å²) in [7, 11) is 0. The van der Waals surface area contributed by atoms with Gasteiger partial charge < -0.3 is 4.90 Å². The molecular weight excluding hydrogens is 599 g/mol.